The highest BCUT2D eigenvalue weighted by molar-refractivity contribution is 5.24. The van der Waals surface area contributed by atoms with Gasteiger partial charge in [-0.2, -0.15) is 0 Å². The van der Waals surface area contributed by atoms with Gasteiger partial charge < -0.3 is 10.1 Å². The number of benzene rings is 1. The lowest BCUT2D eigenvalue weighted by Gasteiger charge is -2.15. The molecule has 0 aromatic heterocycles. The van der Waals surface area contributed by atoms with E-state index in [1.54, 1.807) is 0 Å². The molecule has 1 unspecified atom stereocenters. The van der Waals surface area contributed by atoms with Crippen LogP contribution in [0.2, 0.25) is 0 Å². The Morgan fingerprint density at radius 2 is 1.95 bits per heavy atom. The van der Waals surface area contributed by atoms with Crippen LogP contribution in [0.25, 0.3) is 0 Å². The Morgan fingerprint density at radius 3 is 2.58 bits per heavy atom. The van der Waals surface area contributed by atoms with Crippen molar-refractivity contribution in [3.8, 4) is 5.75 Å². The smallest absolute Gasteiger partial charge is 0.167 e. The summed E-state index contributed by atoms with van der Waals surface area (Å²) in [7, 11) is 0. The van der Waals surface area contributed by atoms with E-state index in [4.69, 9.17) is 4.74 Å². The molecule has 1 atom stereocenters. The normalized spacial score (nSPS) is 12.7. The lowest BCUT2D eigenvalue weighted by Crippen LogP contribution is -2.22. The predicted octanol–water partition coefficient (Wildman–Crippen LogP) is 3.76. The van der Waals surface area contributed by atoms with Gasteiger partial charge in [-0.15, -0.1) is 0 Å². The molecule has 0 aliphatic rings. The molecule has 1 N–H and O–H groups in total. The second-order valence-corrected chi connectivity index (χ2v) is 5.24. The maximum atomic E-state index is 13.4. The number of hydrogen-bond acceptors (Lipinski definition) is 2. The van der Waals surface area contributed by atoms with Gasteiger partial charge in [0.15, 0.2) is 11.6 Å². The first-order chi connectivity index (χ1) is 8.99. The average Bonchev–Trinajstić information content (AvgIpc) is 2.32. The SMILES string of the molecule is CC(C)CNCCCC(C)Oc1ccc(F)cc1F. The molecule has 1 aromatic carbocycles. The van der Waals surface area contributed by atoms with E-state index in [0.717, 1.165) is 32.0 Å². The van der Waals surface area contributed by atoms with Gasteiger partial charge in [-0.3, -0.25) is 0 Å². The highest BCUT2D eigenvalue weighted by Gasteiger charge is 2.09. The zero-order valence-electron chi connectivity index (χ0n) is 11.9. The van der Waals surface area contributed by atoms with Crippen LogP contribution in [-0.2, 0) is 0 Å². The summed E-state index contributed by atoms with van der Waals surface area (Å²) in [6.45, 7) is 8.15. The van der Waals surface area contributed by atoms with E-state index in [1.165, 1.54) is 12.1 Å². The van der Waals surface area contributed by atoms with E-state index in [2.05, 4.69) is 19.2 Å². The van der Waals surface area contributed by atoms with E-state index >= 15 is 0 Å². The van der Waals surface area contributed by atoms with Crippen molar-refractivity contribution in [1.82, 2.24) is 5.32 Å². The third-order valence-electron chi connectivity index (χ3n) is 2.74. The largest absolute Gasteiger partial charge is 0.488 e. The van der Waals surface area contributed by atoms with Crippen molar-refractivity contribution >= 4 is 0 Å². The van der Waals surface area contributed by atoms with Crippen molar-refractivity contribution in [3.63, 3.8) is 0 Å². The molecule has 19 heavy (non-hydrogen) atoms. The molecule has 0 aliphatic heterocycles. The number of halogens is 2. The Balaban J connectivity index is 2.25. The van der Waals surface area contributed by atoms with E-state index in [-0.39, 0.29) is 11.9 Å². The molecule has 0 fully saturated rings. The van der Waals surface area contributed by atoms with E-state index in [1.807, 2.05) is 6.92 Å². The first-order valence-electron chi connectivity index (χ1n) is 6.81. The minimum atomic E-state index is -0.648. The molecule has 0 saturated heterocycles. The Labute approximate surface area is 114 Å². The fourth-order valence-corrected chi connectivity index (χ4v) is 1.75. The van der Waals surface area contributed by atoms with Crippen molar-refractivity contribution < 1.29 is 13.5 Å². The van der Waals surface area contributed by atoms with Crippen LogP contribution in [0.4, 0.5) is 8.78 Å². The Morgan fingerprint density at radius 1 is 1.21 bits per heavy atom. The zero-order chi connectivity index (χ0) is 14.3. The minimum absolute atomic E-state index is 0.0826. The summed E-state index contributed by atoms with van der Waals surface area (Å²) in [4.78, 5) is 0. The Kier molecular flexibility index (Phi) is 6.78. The molecule has 108 valence electrons. The first-order valence-corrected chi connectivity index (χ1v) is 6.81. The summed E-state index contributed by atoms with van der Waals surface area (Å²) in [5, 5.41) is 3.34. The summed E-state index contributed by atoms with van der Waals surface area (Å²) in [5.41, 5.74) is 0. The van der Waals surface area contributed by atoms with Crippen LogP contribution >= 0.6 is 0 Å². The molecule has 0 amide bonds. The van der Waals surface area contributed by atoms with Gasteiger partial charge in [-0.05, 0) is 50.9 Å². The molecule has 1 aromatic rings. The molecule has 0 heterocycles. The summed E-state index contributed by atoms with van der Waals surface area (Å²) < 4.78 is 31.6. The van der Waals surface area contributed by atoms with Gasteiger partial charge in [0.25, 0.3) is 0 Å². The molecule has 0 saturated carbocycles. The average molecular weight is 271 g/mol. The van der Waals surface area contributed by atoms with Crippen LogP contribution in [0.5, 0.6) is 5.75 Å². The van der Waals surface area contributed by atoms with E-state index in [0.29, 0.717) is 5.92 Å². The minimum Gasteiger partial charge on any atom is -0.488 e. The van der Waals surface area contributed by atoms with Gasteiger partial charge >= 0.3 is 0 Å². The number of hydrogen-bond donors (Lipinski definition) is 1. The van der Waals surface area contributed by atoms with E-state index < -0.39 is 11.6 Å². The standard InChI is InChI=1S/C15H23F2NO/c1-11(2)10-18-8-4-5-12(3)19-15-7-6-13(16)9-14(15)17/h6-7,9,11-12,18H,4-5,8,10H2,1-3H3. The van der Waals surface area contributed by atoms with Crippen LogP contribution in [0.15, 0.2) is 18.2 Å². The highest BCUT2D eigenvalue weighted by atomic mass is 19.1. The molecule has 1 rings (SSSR count). The van der Waals surface area contributed by atoms with Crippen LogP contribution in [0, 0.1) is 17.6 Å². The third-order valence-corrected chi connectivity index (χ3v) is 2.74. The van der Waals surface area contributed by atoms with Crippen LogP contribution in [-0.4, -0.2) is 19.2 Å². The number of rotatable bonds is 8. The van der Waals surface area contributed by atoms with Crippen molar-refractivity contribution in [3.05, 3.63) is 29.8 Å². The van der Waals surface area contributed by atoms with Gasteiger partial charge in [0, 0.05) is 6.07 Å². The fourth-order valence-electron chi connectivity index (χ4n) is 1.75. The second kappa shape index (κ2) is 8.10. The first kappa shape index (κ1) is 15.9. The van der Waals surface area contributed by atoms with Crippen molar-refractivity contribution in [2.24, 2.45) is 5.92 Å². The van der Waals surface area contributed by atoms with Crippen LogP contribution in [0.1, 0.15) is 33.6 Å². The Bertz CT molecular complexity index is 382. The molecular formula is C15H23F2NO. The maximum absolute atomic E-state index is 13.4. The van der Waals surface area contributed by atoms with Gasteiger partial charge in [-0.25, -0.2) is 8.78 Å². The second-order valence-electron chi connectivity index (χ2n) is 5.24. The van der Waals surface area contributed by atoms with Crippen LogP contribution in [0.3, 0.4) is 0 Å². The molecule has 2 nitrogen and oxygen atoms in total. The van der Waals surface area contributed by atoms with Crippen molar-refractivity contribution in [1.29, 1.82) is 0 Å². The highest BCUT2D eigenvalue weighted by Crippen LogP contribution is 2.19. The predicted molar refractivity (Wildman–Crippen MR) is 73.4 cm³/mol. The van der Waals surface area contributed by atoms with E-state index in [9.17, 15) is 8.78 Å². The summed E-state index contributed by atoms with van der Waals surface area (Å²) in [6, 6.07) is 3.37. The van der Waals surface area contributed by atoms with Crippen LogP contribution < -0.4 is 10.1 Å². The monoisotopic (exact) mass is 271 g/mol. The molecule has 0 radical (unpaired) electrons. The molecular weight excluding hydrogens is 248 g/mol. The quantitative estimate of drug-likeness (QED) is 0.727. The number of nitrogens with one attached hydrogen (secondary N) is 1. The molecule has 0 aliphatic carbocycles. The molecule has 0 bridgehead atoms. The third kappa shape index (κ3) is 6.53. The van der Waals surface area contributed by atoms with Gasteiger partial charge in [-0.1, -0.05) is 13.8 Å². The van der Waals surface area contributed by atoms with Gasteiger partial charge in [0.1, 0.15) is 5.82 Å². The lowest BCUT2D eigenvalue weighted by atomic mass is 10.2. The fraction of sp³-hybridized carbons (Fsp3) is 0.600. The Hall–Kier alpha value is -1.16. The number of ether oxygens (including phenoxy) is 1. The summed E-state index contributed by atoms with van der Waals surface area (Å²) >= 11 is 0. The van der Waals surface area contributed by atoms with Crippen molar-refractivity contribution in [2.75, 3.05) is 13.1 Å². The summed E-state index contributed by atoms with van der Waals surface area (Å²) in [5.74, 6) is -0.480. The maximum Gasteiger partial charge on any atom is 0.167 e. The zero-order valence-corrected chi connectivity index (χ0v) is 11.9. The van der Waals surface area contributed by atoms with Crippen molar-refractivity contribution in [2.45, 2.75) is 39.7 Å². The topological polar surface area (TPSA) is 21.3 Å². The molecule has 4 heteroatoms. The summed E-state index contributed by atoms with van der Waals surface area (Å²) in [6.07, 6.45) is 1.72. The lowest BCUT2D eigenvalue weighted by molar-refractivity contribution is 0.198. The van der Waals surface area contributed by atoms with Gasteiger partial charge in [0.05, 0.1) is 6.10 Å². The van der Waals surface area contributed by atoms with Gasteiger partial charge in [0.2, 0.25) is 0 Å². The molecule has 0 spiro atoms.